The standard InChI is InChI=1S/C16H13F2NO2/c1-21-13-6-2-11(3-7-13)4-9-16(20)19-15-10-12(17)5-8-14(15)18/h2-10H,1H3,(H,19,20)/b9-4+. The second-order valence-corrected chi connectivity index (χ2v) is 4.22. The van der Waals surface area contributed by atoms with Crippen molar-refractivity contribution in [1.82, 2.24) is 0 Å². The molecule has 0 aromatic heterocycles. The smallest absolute Gasteiger partial charge is 0.248 e. The van der Waals surface area contributed by atoms with E-state index in [1.165, 1.54) is 6.08 Å². The lowest BCUT2D eigenvalue weighted by molar-refractivity contribution is -0.111. The number of halogens is 2. The molecule has 0 fully saturated rings. The molecule has 0 unspecified atom stereocenters. The summed E-state index contributed by atoms with van der Waals surface area (Å²) >= 11 is 0. The summed E-state index contributed by atoms with van der Waals surface area (Å²) in [6, 6.07) is 9.91. The lowest BCUT2D eigenvalue weighted by atomic mass is 10.2. The number of anilines is 1. The molecule has 1 amide bonds. The van der Waals surface area contributed by atoms with Gasteiger partial charge in [-0.2, -0.15) is 0 Å². The van der Waals surface area contributed by atoms with Gasteiger partial charge in [0.15, 0.2) is 0 Å². The number of carbonyl (C=O) groups excluding carboxylic acids is 1. The van der Waals surface area contributed by atoms with E-state index < -0.39 is 17.5 Å². The van der Waals surface area contributed by atoms with E-state index >= 15 is 0 Å². The first-order chi connectivity index (χ1) is 10.1. The van der Waals surface area contributed by atoms with Crippen LogP contribution in [0, 0.1) is 11.6 Å². The molecule has 0 bridgehead atoms. The van der Waals surface area contributed by atoms with Crippen molar-refractivity contribution < 1.29 is 18.3 Å². The van der Waals surface area contributed by atoms with Crippen molar-refractivity contribution in [2.24, 2.45) is 0 Å². The molecule has 0 heterocycles. The van der Waals surface area contributed by atoms with Gasteiger partial charge < -0.3 is 10.1 Å². The lowest BCUT2D eigenvalue weighted by Crippen LogP contribution is -2.09. The number of carbonyl (C=O) groups is 1. The van der Waals surface area contributed by atoms with Gasteiger partial charge in [-0.15, -0.1) is 0 Å². The molecule has 0 spiro atoms. The average molecular weight is 289 g/mol. The third-order valence-corrected chi connectivity index (χ3v) is 2.73. The zero-order valence-corrected chi connectivity index (χ0v) is 11.3. The fourth-order valence-electron chi connectivity index (χ4n) is 1.65. The zero-order valence-electron chi connectivity index (χ0n) is 11.3. The molecule has 0 aliphatic rings. The number of rotatable bonds is 4. The molecule has 0 saturated heterocycles. The van der Waals surface area contributed by atoms with Gasteiger partial charge in [-0.05, 0) is 35.9 Å². The van der Waals surface area contributed by atoms with Gasteiger partial charge in [0.1, 0.15) is 17.4 Å². The van der Waals surface area contributed by atoms with Gasteiger partial charge in [0.05, 0.1) is 12.8 Å². The van der Waals surface area contributed by atoms with Crippen LogP contribution in [0.1, 0.15) is 5.56 Å². The normalized spacial score (nSPS) is 10.6. The molecule has 2 rings (SSSR count). The van der Waals surface area contributed by atoms with Crippen molar-refractivity contribution in [2.75, 3.05) is 12.4 Å². The highest BCUT2D eigenvalue weighted by Gasteiger charge is 2.05. The van der Waals surface area contributed by atoms with Crippen molar-refractivity contribution in [3.63, 3.8) is 0 Å². The summed E-state index contributed by atoms with van der Waals surface area (Å²) in [5.74, 6) is -1.15. The van der Waals surface area contributed by atoms with Crippen molar-refractivity contribution in [2.45, 2.75) is 0 Å². The second kappa shape index (κ2) is 6.65. The quantitative estimate of drug-likeness (QED) is 0.873. The summed E-state index contributed by atoms with van der Waals surface area (Å²) in [5.41, 5.74) is 0.588. The number of hydrogen-bond acceptors (Lipinski definition) is 2. The maximum absolute atomic E-state index is 13.4. The first-order valence-electron chi connectivity index (χ1n) is 6.16. The molecule has 1 N–H and O–H groups in total. The van der Waals surface area contributed by atoms with Crippen LogP contribution in [0.5, 0.6) is 5.75 Å². The Hall–Kier alpha value is -2.69. The van der Waals surface area contributed by atoms with Crippen LogP contribution in [0.2, 0.25) is 0 Å². The number of methoxy groups -OCH3 is 1. The van der Waals surface area contributed by atoms with Crippen LogP contribution in [0.3, 0.4) is 0 Å². The van der Waals surface area contributed by atoms with Crippen LogP contribution in [0.25, 0.3) is 6.08 Å². The molecule has 108 valence electrons. The second-order valence-electron chi connectivity index (χ2n) is 4.22. The summed E-state index contributed by atoms with van der Waals surface area (Å²) in [7, 11) is 1.56. The molecule has 0 radical (unpaired) electrons. The predicted octanol–water partition coefficient (Wildman–Crippen LogP) is 3.63. The van der Waals surface area contributed by atoms with Gasteiger partial charge in [-0.3, -0.25) is 4.79 Å². The molecule has 0 aliphatic heterocycles. The van der Waals surface area contributed by atoms with Crippen LogP contribution in [0.15, 0.2) is 48.5 Å². The first-order valence-corrected chi connectivity index (χ1v) is 6.16. The minimum absolute atomic E-state index is 0.195. The van der Waals surface area contributed by atoms with Crippen molar-refractivity contribution >= 4 is 17.7 Å². The molecular weight excluding hydrogens is 276 g/mol. The molecule has 5 heteroatoms. The third kappa shape index (κ3) is 4.14. The predicted molar refractivity (Wildman–Crippen MR) is 77.0 cm³/mol. The van der Waals surface area contributed by atoms with E-state index in [2.05, 4.69) is 5.32 Å². The highest BCUT2D eigenvalue weighted by Crippen LogP contribution is 2.16. The molecule has 3 nitrogen and oxygen atoms in total. The van der Waals surface area contributed by atoms with Crippen LogP contribution < -0.4 is 10.1 Å². The third-order valence-electron chi connectivity index (χ3n) is 2.73. The van der Waals surface area contributed by atoms with E-state index in [4.69, 9.17) is 4.74 Å². The highest BCUT2D eigenvalue weighted by atomic mass is 19.1. The molecule has 2 aromatic rings. The minimum Gasteiger partial charge on any atom is -0.497 e. The van der Waals surface area contributed by atoms with E-state index in [1.54, 1.807) is 37.5 Å². The number of benzene rings is 2. The molecular formula is C16H13F2NO2. The van der Waals surface area contributed by atoms with Gasteiger partial charge in [0.25, 0.3) is 0 Å². The molecule has 0 atom stereocenters. The summed E-state index contributed by atoms with van der Waals surface area (Å²) in [5, 5.41) is 2.28. The van der Waals surface area contributed by atoms with Crippen LogP contribution >= 0.6 is 0 Å². The Morgan fingerprint density at radius 1 is 1.14 bits per heavy atom. The Kier molecular flexibility index (Phi) is 4.66. The Labute approximate surface area is 120 Å². The Morgan fingerprint density at radius 2 is 1.86 bits per heavy atom. The van der Waals surface area contributed by atoms with Gasteiger partial charge in [0.2, 0.25) is 5.91 Å². The topological polar surface area (TPSA) is 38.3 Å². The molecule has 21 heavy (non-hydrogen) atoms. The number of ether oxygens (including phenoxy) is 1. The summed E-state index contributed by atoms with van der Waals surface area (Å²) in [6.45, 7) is 0. The maximum Gasteiger partial charge on any atom is 0.248 e. The highest BCUT2D eigenvalue weighted by molar-refractivity contribution is 6.01. The first kappa shape index (κ1) is 14.7. The molecule has 0 saturated carbocycles. The number of nitrogens with one attached hydrogen (secondary N) is 1. The van der Waals surface area contributed by atoms with Crippen molar-refractivity contribution in [1.29, 1.82) is 0 Å². The van der Waals surface area contributed by atoms with E-state index in [-0.39, 0.29) is 5.69 Å². The fraction of sp³-hybridized carbons (Fsp3) is 0.0625. The van der Waals surface area contributed by atoms with E-state index in [1.807, 2.05) is 0 Å². The van der Waals surface area contributed by atoms with Crippen molar-refractivity contribution in [3.8, 4) is 5.75 Å². The SMILES string of the molecule is COc1ccc(/C=C/C(=O)Nc2cc(F)ccc2F)cc1. The number of hydrogen-bond donors (Lipinski definition) is 1. The van der Waals surface area contributed by atoms with Gasteiger partial charge in [-0.25, -0.2) is 8.78 Å². The molecule has 0 aliphatic carbocycles. The average Bonchev–Trinajstić information content (AvgIpc) is 2.49. The zero-order chi connectivity index (χ0) is 15.2. The Balaban J connectivity index is 2.03. The van der Waals surface area contributed by atoms with E-state index in [9.17, 15) is 13.6 Å². The van der Waals surface area contributed by atoms with E-state index in [0.29, 0.717) is 5.75 Å². The molecule has 2 aromatic carbocycles. The monoisotopic (exact) mass is 289 g/mol. The Bertz CT molecular complexity index is 666. The Morgan fingerprint density at radius 3 is 2.52 bits per heavy atom. The van der Waals surface area contributed by atoms with Crippen LogP contribution in [-0.2, 0) is 4.79 Å². The van der Waals surface area contributed by atoms with Crippen molar-refractivity contribution in [3.05, 3.63) is 65.7 Å². The van der Waals surface area contributed by atoms with Crippen LogP contribution in [0.4, 0.5) is 14.5 Å². The summed E-state index contributed by atoms with van der Waals surface area (Å²) in [6.07, 6.45) is 2.80. The van der Waals surface area contributed by atoms with Gasteiger partial charge >= 0.3 is 0 Å². The maximum atomic E-state index is 13.4. The van der Waals surface area contributed by atoms with Gasteiger partial charge in [0, 0.05) is 12.1 Å². The summed E-state index contributed by atoms with van der Waals surface area (Å²) in [4.78, 5) is 11.7. The lowest BCUT2D eigenvalue weighted by Gasteiger charge is -2.03. The largest absolute Gasteiger partial charge is 0.497 e. The fourth-order valence-corrected chi connectivity index (χ4v) is 1.65. The number of amides is 1. The van der Waals surface area contributed by atoms with Gasteiger partial charge in [-0.1, -0.05) is 12.1 Å². The summed E-state index contributed by atoms with van der Waals surface area (Å²) < 4.78 is 31.3. The minimum atomic E-state index is -0.692. The van der Waals surface area contributed by atoms with Crippen LogP contribution in [-0.4, -0.2) is 13.0 Å². The van der Waals surface area contributed by atoms with E-state index in [0.717, 1.165) is 23.8 Å².